The number of rotatable bonds is 0. The first-order chi connectivity index (χ1) is 25.3. The molecule has 2 N–H and O–H groups in total. The second-order valence-electron chi connectivity index (χ2n) is 19.7. The van der Waals surface area contributed by atoms with Gasteiger partial charge in [0.15, 0.2) is 0 Å². The predicted octanol–water partition coefficient (Wildman–Crippen LogP) is 10.0. The second-order valence-corrected chi connectivity index (χ2v) is 20.4. The van der Waals surface area contributed by atoms with Crippen LogP contribution < -0.4 is 10.2 Å². The molecular formula is C48H62O6U-2. The zero-order valence-electron chi connectivity index (χ0n) is 35.3. The molecule has 0 saturated carbocycles. The number of phenols is 2. The number of benzene rings is 4. The normalized spacial score (nSPS) is 14.3. The first kappa shape index (κ1) is 44.4. The van der Waals surface area contributed by atoms with Crippen LogP contribution in [0.5, 0.6) is 23.0 Å². The average molecular weight is 973 g/mol. The van der Waals surface area contributed by atoms with Crippen LogP contribution in [0.4, 0.5) is 0 Å². The fourth-order valence-electron chi connectivity index (χ4n) is 7.39. The quantitative estimate of drug-likeness (QED) is 0.181. The van der Waals surface area contributed by atoms with Crippen LogP contribution in [-0.4, -0.2) is 10.2 Å². The van der Waals surface area contributed by atoms with Crippen molar-refractivity contribution in [2.45, 2.75) is 156 Å². The third-order valence-electron chi connectivity index (χ3n) is 11.0. The van der Waals surface area contributed by atoms with Gasteiger partial charge in [-0.3, -0.25) is 0 Å². The fourth-order valence-corrected chi connectivity index (χ4v) is 7.39. The van der Waals surface area contributed by atoms with E-state index in [0.717, 1.165) is 55.6 Å². The van der Waals surface area contributed by atoms with Gasteiger partial charge >= 0.3 is 32.3 Å². The summed E-state index contributed by atoms with van der Waals surface area (Å²) in [5.74, 6) is 0.571. The summed E-state index contributed by atoms with van der Waals surface area (Å²) in [6.45, 7) is 26.1. The topological polar surface area (TPSA) is 121 Å². The molecule has 0 saturated heterocycles. The molecule has 0 heterocycles. The molecule has 4 aromatic carbocycles. The van der Waals surface area contributed by atoms with Crippen LogP contribution in [0.1, 0.15) is 163 Å². The molecule has 55 heavy (non-hydrogen) atoms. The van der Waals surface area contributed by atoms with Crippen molar-refractivity contribution in [2.75, 3.05) is 0 Å². The summed E-state index contributed by atoms with van der Waals surface area (Å²) in [7, 11) is 0. The first-order valence-corrected chi connectivity index (χ1v) is 23.1. The van der Waals surface area contributed by atoms with Gasteiger partial charge in [-0.1, -0.05) is 154 Å². The first-order valence-electron chi connectivity index (χ1n) is 19.7. The third kappa shape index (κ3) is 11.0. The maximum absolute atomic E-state index is 14.2. The van der Waals surface area contributed by atoms with Crippen LogP contribution in [0.2, 0.25) is 0 Å². The molecule has 0 unspecified atom stereocenters. The Morgan fingerprint density at radius 1 is 0.418 bits per heavy atom. The van der Waals surface area contributed by atoms with Gasteiger partial charge in [0.05, 0.1) is 0 Å². The number of aryl methyl sites for hydroxylation is 4. The summed E-state index contributed by atoms with van der Waals surface area (Å²) >= 11 is -2.51. The standard InChI is InChI=1S/C48H64O4.2O.U/c1-45(2,3)37-21-29-15-13-16-30-22-39(47(7,8)9)27-35(43(30)51)20-36-28-40(48(10,11)12)24-32(44(36)52)18-14-17-31-23-38(46(4,5)6)26-34(42(31)50)19-33(25-37)41(29)49;;;/h21-28,49-52H,13-20H2,1-12H3;;;/p-2. The van der Waals surface area contributed by atoms with Gasteiger partial charge in [0.25, 0.3) is 0 Å². The third-order valence-corrected chi connectivity index (χ3v) is 11.0. The van der Waals surface area contributed by atoms with Crippen molar-refractivity contribution in [1.82, 2.24) is 0 Å². The molecule has 5 rings (SSSR count). The molecule has 0 radical (unpaired) electrons. The molecule has 4 aromatic rings. The van der Waals surface area contributed by atoms with E-state index in [1.165, 1.54) is 0 Å². The summed E-state index contributed by atoms with van der Waals surface area (Å²) in [5, 5.41) is 52.0. The van der Waals surface area contributed by atoms with Crippen molar-refractivity contribution in [3.05, 3.63) is 115 Å². The summed E-state index contributed by atoms with van der Waals surface area (Å²) in [4.78, 5) is 0. The van der Waals surface area contributed by atoms with Crippen LogP contribution in [0.25, 0.3) is 0 Å². The molecule has 0 spiro atoms. The Morgan fingerprint density at radius 2 is 0.636 bits per heavy atom. The van der Waals surface area contributed by atoms with Crippen LogP contribution in [0, 0.1) is 27.8 Å². The van der Waals surface area contributed by atoms with Gasteiger partial charge in [0.2, 0.25) is 0 Å². The number of aromatic hydroxyl groups is 2. The van der Waals surface area contributed by atoms with Crippen LogP contribution in [0.3, 0.4) is 0 Å². The molecule has 1 aliphatic rings. The number of phenolic OH excluding ortho intramolecular Hbond substituents is 2. The van der Waals surface area contributed by atoms with Gasteiger partial charge < -0.3 is 20.4 Å². The van der Waals surface area contributed by atoms with E-state index in [1.807, 2.05) is 12.1 Å². The predicted molar refractivity (Wildman–Crippen MR) is 214 cm³/mol. The van der Waals surface area contributed by atoms with E-state index in [-0.39, 0.29) is 44.7 Å². The number of fused-ring (bicyclic) bond motifs is 8. The molecular weight excluding hydrogens is 911 g/mol. The minimum absolute atomic E-state index is 0.0361. The van der Waals surface area contributed by atoms with Gasteiger partial charge in [-0.25, -0.2) is 0 Å². The van der Waals surface area contributed by atoms with Crippen molar-refractivity contribution in [2.24, 2.45) is 0 Å². The van der Waals surface area contributed by atoms with Gasteiger partial charge in [-0.15, -0.1) is 11.5 Å². The van der Waals surface area contributed by atoms with Gasteiger partial charge in [0.1, 0.15) is 11.5 Å². The minimum atomic E-state index is -2.51. The number of hydrogen-bond acceptors (Lipinski definition) is 6. The van der Waals surface area contributed by atoms with Crippen molar-refractivity contribution in [3.8, 4) is 23.0 Å². The molecule has 7 heteroatoms. The van der Waals surface area contributed by atoms with E-state index in [2.05, 4.69) is 119 Å². The van der Waals surface area contributed by atoms with Gasteiger partial charge in [-0.2, -0.15) is 0 Å². The molecule has 0 aromatic heterocycles. The Kier molecular flexibility index (Phi) is 13.8. The van der Waals surface area contributed by atoms with Gasteiger partial charge in [0, 0.05) is 12.8 Å². The fraction of sp³-hybridized carbons (Fsp3) is 0.500. The Balaban J connectivity index is 0.00000217. The van der Waals surface area contributed by atoms with Crippen LogP contribution >= 0.6 is 0 Å². The molecule has 0 atom stereocenters. The molecule has 6 nitrogen and oxygen atoms in total. The van der Waals surface area contributed by atoms with Gasteiger partial charge in [-0.05, 0) is 105 Å². The van der Waals surface area contributed by atoms with E-state index in [0.29, 0.717) is 62.5 Å². The van der Waals surface area contributed by atoms with Crippen LogP contribution in [-0.2, 0) is 64.7 Å². The average Bonchev–Trinajstić information content (AvgIpc) is 3.05. The molecule has 0 aliphatic heterocycles. The summed E-state index contributed by atoms with van der Waals surface area (Å²) in [5.41, 5.74) is 10.0. The molecule has 296 valence electrons. The van der Waals surface area contributed by atoms with E-state index in [4.69, 9.17) is 4.47 Å². The maximum atomic E-state index is 14.2. The van der Waals surface area contributed by atoms with Crippen molar-refractivity contribution >= 4 is 0 Å². The zero-order valence-corrected chi connectivity index (χ0v) is 39.5. The van der Waals surface area contributed by atoms with E-state index < -0.39 is 27.8 Å². The van der Waals surface area contributed by atoms with Crippen molar-refractivity contribution in [1.29, 1.82) is 0 Å². The summed E-state index contributed by atoms with van der Waals surface area (Å²) < 4.78 is 17.2. The Bertz CT molecular complexity index is 1780. The van der Waals surface area contributed by atoms with Crippen molar-refractivity contribution < 1.29 is 52.7 Å². The zero-order chi connectivity index (χ0) is 41.3. The Morgan fingerprint density at radius 3 is 0.909 bits per heavy atom. The second kappa shape index (κ2) is 17.1. The SMILES string of the molecule is CC(C)(C)c1cc2c([O-])c(c1)Cc1cc(C(C)(C)C)cc(c1O)CCCc1cc(C(C)(C)C)cc(c1[O-])Cc1cc(C(C)(C)C)cc(c1O)CCC2.[O]=[U]=[O]. The van der Waals surface area contributed by atoms with Crippen molar-refractivity contribution in [3.63, 3.8) is 0 Å². The monoisotopic (exact) mass is 973 g/mol. The molecule has 8 bridgehead atoms. The molecule has 0 amide bonds. The summed E-state index contributed by atoms with van der Waals surface area (Å²) in [6, 6.07) is 16.6. The number of hydrogen-bond donors (Lipinski definition) is 2. The molecule has 1 aliphatic carbocycles. The van der Waals surface area contributed by atoms with E-state index in [1.54, 1.807) is 0 Å². The van der Waals surface area contributed by atoms with E-state index >= 15 is 0 Å². The Labute approximate surface area is 345 Å². The van der Waals surface area contributed by atoms with E-state index in [9.17, 15) is 20.4 Å². The Hall–Kier alpha value is -3.27. The molecule has 0 fully saturated rings. The summed E-state index contributed by atoms with van der Waals surface area (Å²) in [6.07, 6.45) is 4.42. The van der Waals surface area contributed by atoms with Crippen LogP contribution in [0.15, 0.2) is 48.5 Å².